The Morgan fingerprint density at radius 1 is 1.47 bits per heavy atom. The Kier molecular flexibility index (Phi) is 4.03. The molecular weight excluding hydrogens is 190 g/mol. The Bertz CT molecular complexity index is 372. The molecule has 0 spiro atoms. The maximum absolute atomic E-state index is 11.3. The van der Waals surface area contributed by atoms with Crippen molar-refractivity contribution in [3.8, 4) is 0 Å². The number of rotatable bonds is 4. The summed E-state index contributed by atoms with van der Waals surface area (Å²) in [6.45, 7) is 3.83. The van der Waals surface area contributed by atoms with Gasteiger partial charge in [-0.3, -0.25) is 9.59 Å². The summed E-state index contributed by atoms with van der Waals surface area (Å²) in [6, 6.07) is 5.21. The number of aryl methyl sites for hydroxylation is 1. The number of carbonyl (C=O) groups is 2. The highest BCUT2D eigenvalue weighted by Gasteiger charge is 2.03. The number of hydrogen-bond acceptors (Lipinski definition) is 2. The second kappa shape index (κ2) is 5.29. The highest BCUT2D eigenvalue weighted by molar-refractivity contribution is 5.92. The number of hydrogen-bond donors (Lipinski definition) is 1. The van der Waals surface area contributed by atoms with Gasteiger partial charge in [0.2, 0.25) is 5.91 Å². The van der Waals surface area contributed by atoms with Crippen molar-refractivity contribution in [1.29, 1.82) is 0 Å². The van der Waals surface area contributed by atoms with Crippen molar-refractivity contribution in [2.24, 2.45) is 0 Å². The summed E-state index contributed by atoms with van der Waals surface area (Å²) in [6.07, 6.45) is 2.15. The molecule has 1 aromatic rings. The van der Waals surface area contributed by atoms with Crippen LogP contribution in [0.2, 0.25) is 0 Å². The number of benzene rings is 1. The van der Waals surface area contributed by atoms with Crippen LogP contribution in [0, 0.1) is 6.92 Å². The largest absolute Gasteiger partial charge is 0.326 e. The van der Waals surface area contributed by atoms with Crippen LogP contribution in [-0.4, -0.2) is 12.2 Å². The minimum Gasteiger partial charge on any atom is -0.326 e. The van der Waals surface area contributed by atoms with Crippen molar-refractivity contribution in [2.45, 2.75) is 26.7 Å². The van der Waals surface area contributed by atoms with Gasteiger partial charge in [0.15, 0.2) is 0 Å². The highest BCUT2D eigenvalue weighted by atomic mass is 16.1. The predicted molar refractivity (Wildman–Crippen MR) is 60.1 cm³/mol. The zero-order valence-electron chi connectivity index (χ0n) is 9.04. The summed E-state index contributed by atoms with van der Waals surface area (Å²) in [5.74, 6) is 0.0134. The van der Waals surface area contributed by atoms with E-state index in [1.54, 1.807) is 18.2 Å². The first-order valence-electron chi connectivity index (χ1n) is 5.03. The van der Waals surface area contributed by atoms with Crippen LogP contribution in [0.5, 0.6) is 0 Å². The Hall–Kier alpha value is -1.64. The third-order valence-corrected chi connectivity index (χ3v) is 2.14. The molecule has 0 bridgehead atoms. The lowest BCUT2D eigenvalue weighted by molar-refractivity contribution is -0.116. The van der Waals surface area contributed by atoms with E-state index in [0.29, 0.717) is 12.0 Å². The van der Waals surface area contributed by atoms with Crippen molar-refractivity contribution in [1.82, 2.24) is 0 Å². The van der Waals surface area contributed by atoms with Crippen LogP contribution in [-0.2, 0) is 4.79 Å². The third kappa shape index (κ3) is 3.20. The average molecular weight is 205 g/mol. The fraction of sp³-hybridized carbons (Fsp3) is 0.333. The molecule has 0 heterocycles. The van der Waals surface area contributed by atoms with Crippen LogP contribution in [0.1, 0.15) is 35.7 Å². The van der Waals surface area contributed by atoms with Crippen LogP contribution in [0.3, 0.4) is 0 Å². The average Bonchev–Trinajstić information content (AvgIpc) is 2.21. The number of anilines is 1. The molecule has 1 N–H and O–H groups in total. The number of nitrogens with one attached hydrogen (secondary N) is 1. The van der Waals surface area contributed by atoms with E-state index in [0.717, 1.165) is 24.0 Å². The SMILES string of the molecule is CCCC(=O)Nc1ccc(C=O)cc1C. The maximum Gasteiger partial charge on any atom is 0.224 e. The van der Waals surface area contributed by atoms with Crippen LogP contribution < -0.4 is 5.32 Å². The summed E-state index contributed by atoms with van der Waals surface area (Å²) < 4.78 is 0. The van der Waals surface area contributed by atoms with Gasteiger partial charge < -0.3 is 5.32 Å². The summed E-state index contributed by atoms with van der Waals surface area (Å²) in [5.41, 5.74) is 2.31. The van der Waals surface area contributed by atoms with Crippen molar-refractivity contribution in [3.63, 3.8) is 0 Å². The van der Waals surface area contributed by atoms with Gasteiger partial charge in [-0.05, 0) is 37.1 Å². The van der Waals surface area contributed by atoms with Crippen molar-refractivity contribution >= 4 is 17.9 Å². The molecule has 0 radical (unpaired) electrons. The zero-order chi connectivity index (χ0) is 11.3. The monoisotopic (exact) mass is 205 g/mol. The molecule has 0 unspecified atom stereocenters. The van der Waals surface area contributed by atoms with E-state index in [1.165, 1.54) is 0 Å². The topological polar surface area (TPSA) is 46.2 Å². The molecule has 1 aromatic carbocycles. The molecule has 1 amide bonds. The van der Waals surface area contributed by atoms with Crippen LogP contribution in [0.4, 0.5) is 5.69 Å². The van der Waals surface area contributed by atoms with Gasteiger partial charge in [-0.2, -0.15) is 0 Å². The minimum atomic E-state index is 0.0134. The normalized spacial score (nSPS) is 9.73. The van der Waals surface area contributed by atoms with Crippen LogP contribution in [0.15, 0.2) is 18.2 Å². The summed E-state index contributed by atoms with van der Waals surface area (Å²) in [7, 11) is 0. The van der Waals surface area contributed by atoms with Crippen molar-refractivity contribution in [2.75, 3.05) is 5.32 Å². The molecule has 0 saturated carbocycles. The Morgan fingerprint density at radius 3 is 2.73 bits per heavy atom. The number of carbonyl (C=O) groups excluding carboxylic acids is 2. The smallest absolute Gasteiger partial charge is 0.224 e. The molecule has 3 heteroatoms. The third-order valence-electron chi connectivity index (χ3n) is 2.14. The summed E-state index contributed by atoms with van der Waals surface area (Å²) >= 11 is 0. The molecule has 0 saturated heterocycles. The summed E-state index contributed by atoms with van der Waals surface area (Å²) in [5, 5.41) is 2.81. The first kappa shape index (κ1) is 11.4. The quantitative estimate of drug-likeness (QED) is 0.768. The molecule has 0 atom stereocenters. The second-order valence-electron chi connectivity index (χ2n) is 3.49. The lowest BCUT2D eigenvalue weighted by atomic mass is 10.1. The molecular formula is C12H15NO2. The second-order valence-corrected chi connectivity index (χ2v) is 3.49. The molecule has 0 aliphatic carbocycles. The molecule has 80 valence electrons. The molecule has 0 aliphatic rings. The fourth-order valence-corrected chi connectivity index (χ4v) is 1.34. The van der Waals surface area contributed by atoms with Crippen molar-refractivity contribution < 1.29 is 9.59 Å². The van der Waals surface area contributed by atoms with E-state index in [1.807, 2.05) is 13.8 Å². The van der Waals surface area contributed by atoms with Gasteiger partial charge in [-0.25, -0.2) is 0 Å². The number of amides is 1. The molecule has 1 rings (SSSR count). The Morgan fingerprint density at radius 2 is 2.20 bits per heavy atom. The van der Waals surface area contributed by atoms with Gasteiger partial charge in [0.1, 0.15) is 6.29 Å². The van der Waals surface area contributed by atoms with Gasteiger partial charge >= 0.3 is 0 Å². The Balaban J connectivity index is 2.78. The van der Waals surface area contributed by atoms with E-state index in [4.69, 9.17) is 0 Å². The maximum atomic E-state index is 11.3. The number of aldehydes is 1. The molecule has 15 heavy (non-hydrogen) atoms. The fourth-order valence-electron chi connectivity index (χ4n) is 1.34. The van der Waals surface area contributed by atoms with Crippen LogP contribution >= 0.6 is 0 Å². The highest BCUT2D eigenvalue weighted by Crippen LogP contribution is 2.15. The van der Waals surface area contributed by atoms with E-state index < -0.39 is 0 Å². The van der Waals surface area contributed by atoms with E-state index in [-0.39, 0.29) is 5.91 Å². The molecule has 0 aromatic heterocycles. The van der Waals surface area contributed by atoms with Crippen molar-refractivity contribution in [3.05, 3.63) is 29.3 Å². The summed E-state index contributed by atoms with van der Waals surface area (Å²) in [4.78, 5) is 21.8. The Labute approximate surface area is 89.5 Å². The van der Waals surface area contributed by atoms with Gasteiger partial charge in [0.05, 0.1) is 0 Å². The predicted octanol–water partition coefficient (Wildman–Crippen LogP) is 2.55. The van der Waals surface area contributed by atoms with Gasteiger partial charge in [-0.1, -0.05) is 6.92 Å². The van der Waals surface area contributed by atoms with E-state index >= 15 is 0 Å². The first-order valence-corrected chi connectivity index (χ1v) is 5.03. The first-order chi connectivity index (χ1) is 7.17. The molecule has 3 nitrogen and oxygen atoms in total. The lowest BCUT2D eigenvalue weighted by Crippen LogP contribution is -2.11. The molecule has 0 fully saturated rings. The van der Waals surface area contributed by atoms with Gasteiger partial charge in [0, 0.05) is 17.7 Å². The molecule has 0 aliphatic heterocycles. The standard InChI is InChI=1S/C12H15NO2/c1-3-4-12(15)13-11-6-5-10(8-14)7-9(11)2/h5-8H,3-4H2,1-2H3,(H,13,15). The lowest BCUT2D eigenvalue weighted by Gasteiger charge is -2.07. The minimum absolute atomic E-state index is 0.0134. The van der Waals surface area contributed by atoms with Gasteiger partial charge in [0.25, 0.3) is 0 Å². The van der Waals surface area contributed by atoms with E-state index in [9.17, 15) is 9.59 Å². The van der Waals surface area contributed by atoms with E-state index in [2.05, 4.69) is 5.32 Å². The van der Waals surface area contributed by atoms with Crippen LogP contribution in [0.25, 0.3) is 0 Å². The van der Waals surface area contributed by atoms with Gasteiger partial charge in [-0.15, -0.1) is 0 Å². The zero-order valence-corrected chi connectivity index (χ0v) is 9.04.